The van der Waals surface area contributed by atoms with Crippen LogP contribution in [0, 0.1) is 32.6 Å². The number of Topliss-reactive ketones (excluding diaryl/α,β-unsaturated/α-hetero) is 1. The first kappa shape index (κ1) is 32.0. The van der Waals surface area contributed by atoms with Crippen LogP contribution in [-0.2, 0) is 4.79 Å². The Kier molecular flexibility index (Phi) is 9.72. The molecule has 0 radical (unpaired) electrons. The number of hydrogen-bond acceptors (Lipinski definition) is 3. The molecular weight excluding hydrogens is 552 g/mol. The largest absolute Gasteiger partial charge is 0.871 e. The second-order valence-corrected chi connectivity index (χ2v) is 13.3. The molecule has 45 heavy (non-hydrogen) atoms. The molecule has 2 aliphatic rings. The molecule has 0 unspecified atom stereocenters. The molecule has 0 heterocycles. The highest BCUT2D eigenvalue weighted by molar-refractivity contribution is 6.39. The number of ketones is 1. The van der Waals surface area contributed by atoms with E-state index in [9.17, 15) is 9.90 Å². The summed E-state index contributed by atoms with van der Waals surface area (Å²) in [6.45, 7) is 17.1. The zero-order valence-electron chi connectivity index (χ0n) is 27.9. The van der Waals surface area contributed by atoms with Crippen molar-refractivity contribution in [2.45, 2.75) is 61.3 Å². The van der Waals surface area contributed by atoms with Gasteiger partial charge < -0.3 is 10.0 Å². The molecule has 0 fully saturated rings. The van der Waals surface area contributed by atoms with Crippen molar-refractivity contribution >= 4 is 34.1 Å². The summed E-state index contributed by atoms with van der Waals surface area (Å²) in [5.74, 6) is 0.798. The van der Waals surface area contributed by atoms with Gasteiger partial charge in [0.2, 0.25) is 11.4 Å². The first-order valence-corrected chi connectivity index (χ1v) is 16.3. The average molecular weight is 599 g/mol. The van der Waals surface area contributed by atoms with Crippen LogP contribution in [0.5, 0.6) is 0 Å². The minimum absolute atomic E-state index is 0.179. The number of anilines is 2. The molecule has 0 bridgehead atoms. The van der Waals surface area contributed by atoms with E-state index in [1.54, 1.807) is 0 Å². The number of benzene rings is 3. The summed E-state index contributed by atoms with van der Waals surface area (Å²) in [6.07, 6.45) is 10.0. The zero-order chi connectivity index (χ0) is 32.2. The minimum atomic E-state index is -0.179. The van der Waals surface area contributed by atoms with Gasteiger partial charge in [0, 0.05) is 59.3 Å². The normalized spacial score (nSPS) is 14.6. The fourth-order valence-corrected chi connectivity index (χ4v) is 5.94. The van der Waals surface area contributed by atoms with Crippen molar-refractivity contribution < 1.29 is 14.5 Å². The number of allylic oxidation sites excluding steroid dienone is 7. The molecule has 3 aromatic carbocycles. The van der Waals surface area contributed by atoms with E-state index in [0.717, 1.165) is 43.0 Å². The van der Waals surface area contributed by atoms with Crippen LogP contribution in [-0.4, -0.2) is 29.2 Å². The van der Waals surface area contributed by atoms with Gasteiger partial charge in [-0.05, 0) is 92.6 Å². The van der Waals surface area contributed by atoms with Crippen molar-refractivity contribution in [1.82, 2.24) is 0 Å². The quantitative estimate of drug-likeness (QED) is 0.173. The van der Waals surface area contributed by atoms with Crippen LogP contribution in [0.15, 0.2) is 108 Å². The lowest BCUT2D eigenvalue weighted by Gasteiger charge is -2.32. The Labute approximate surface area is 269 Å². The molecule has 4 nitrogen and oxygen atoms in total. The van der Waals surface area contributed by atoms with Crippen molar-refractivity contribution in [1.29, 1.82) is 0 Å². The summed E-state index contributed by atoms with van der Waals surface area (Å²) >= 11 is 0. The maximum Gasteiger partial charge on any atom is 0.208 e. The molecule has 0 N–H and O–H groups in total. The monoisotopic (exact) mass is 598 g/mol. The third-order valence-electron chi connectivity index (χ3n) is 8.69. The molecule has 0 spiro atoms. The molecule has 0 aromatic heterocycles. The fourth-order valence-electron chi connectivity index (χ4n) is 5.94. The van der Waals surface area contributed by atoms with Crippen molar-refractivity contribution in [2.75, 3.05) is 18.0 Å². The summed E-state index contributed by atoms with van der Waals surface area (Å²) in [4.78, 5) is 15.7. The highest BCUT2D eigenvalue weighted by Crippen LogP contribution is 2.38. The van der Waals surface area contributed by atoms with E-state index in [4.69, 9.17) is 0 Å². The molecule has 0 saturated carbocycles. The van der Waals surface area contributed by atoms with E-state index < -0.39 is 0 Å². The third kappa shape index (κ3) is 7.12. The molecule has 2 aliphatic carbocycles. The maximum atomic E-state index is 13.4. The highest BCUT2D eigenvalue weighted by atomic mass is 16.3. The SMILES string of the molecule is Cc1ccc(N(CCC(C)C)c2ccc(C3=C([O-])C(=C4C=CC(=[N+](CCC(C)C)c5ccc(C)cc5C)C=C4)C3=O)cc2)cc1. The van der Waals surface area contributed by atoms with Gasteiger partial charge in [-0.1, -0.05) is 74.9 Å². The van der Waals surface area contributed by atoms with Crippen LogP contribution in [0.1, 0.15) is 62.8 Å². The molecule has 232 valence electrons. The minimum Gasteiger partial charge on any atom is -0.871 e. The molecule has 0 amide bonds. The standard InChI is InChI=1S/C41H46N2O2/c1-27(2)22-24-42(34-15-8-29(5)9-16-34)35-17-11-32(12-18-35)38-40(44)39(41(38)45)33-13-19-36(20-14-33)43(25-23-28(3)4)37-21-10-30(6)26-31(37)7/h8-21,26-28H,22-25H2,1-7H3. The Morgan fingerprint density at radius 1 is 0.711 bits per heavy atom. The van der Waals surface area contributed by atoms with Crippen molar-refractivity contribution in [3.63, 3.8) is 0 Å². The third-order valence-corrected chi connectivity index (χ3v) is 8.69. The van der Waals surface area contributed by atoms with Crippen LogP contribution in [0.25, 0.3) is 5.57 Å². The van der Waals surface area contributed by atoms with Gasteiger partial charge in [0.15, 0.2) is 5.78 Å². The number of carbonyl (C=O) groups excluding carboxylic acids is 1. The van der Waals surface area contributed by atoms with E-state index in [0.29, 0.717) is 23.0 Å². The predicted molar refractivity (Wildman–Crippen MR) is 186 cm³/mol. The molecule has 4 heteroatoms. The smallest absolute Gasteiger partial charge is 0.208 e. The molecule has 3 aromatic rings. The number of nitrogens with zero attached hydrogens (tertiary/aromatic N) is 2. The van der Waals surface area contributed by atoms with Gasteiger partial charge in [-0.2, -0.15) is 4.58 Å². The van der Waals surface area contributed by atoms with Crippen molar-refractivity contribution in [3.8, 4) is 0 Å². The zero-order valence-corrected chi connectivity index (χ0v) is 27.9. The van der Waals surface area contributed by atoms with Crippen LogP contribution in [0.2, 0.25) is 0 Å². The Morgan fingerprint density at radius 2 is 1.29 bits per heavy atom. The van der Waals surface area contributed by atoms with E-state index in [2.05, 4.69) is 100 Å². The first-order chi connectivity index (χ1) is 21.5. The second-order valence-electron chi connectivity index (χ2n) is 13.3. The Morgan fingerprint density at radius 3 is 1.84 bits per heavy atom. The summed E-state index contributed by atoms with van der Waals surface area (Å²) in [7, 11) is 0. The van der Waals surface area contributed by atoms with Gasteiger partial charge in [0.25, 0.3) is 0 Å². The van der Waals surface area contributed by atoms with Crippen molar-refractivity contribution in [3.05, 3.63) is 130 Å². The lowest BCUT2D eigenvalue weighted by atomic mass is 9.80. The van der Waals surface area contributed by atoms with E-state index in [-0.39, 0.29) is 22.7 Å². The lowest BCUT2D eigenvalue weighted by molar-refractivity contribution is -0.441. The average Bonchev–Trinajstić information content (AvgIpc) is 3.00. The number of carbonyl (C=O) groups is 1. The Balaban J connectivity index is 1.41. The van der Waals surface area contributed by atoms with Gasteiger partial charge in [0.05, 0.1) is 0 Å². The van der Waals surface area contributed by atoms with E-state index in [1.807, 2.05) is 48.6 Å². The van der Waals surface area contributed by atoms with E-state index in [1.165, 1.54) is 22.4 Å². The second kappa shape index (κ2) is 13.7. The van der Waals surface area contributed by atoms with Gasteiger partial charge in [0.1, 0.15) is 6.54 Å². The summed E-state index contributed by atoms with van der Waals surface area (Å²) < 4.78 is 2.34. The lowest BCUT2D eigenvalue weighted by Crippen LogP contribution is -2.30. The van der Waals surface area contributed by atoms with Gasteiger partial charge in [-0.15, -0.1) is 0 Å². The number of hydrogen-bond donors (Lipinski definition) is 0. The Bertz CT molecular complexity index is 1710. The van der Waals surface area contributed by atoms with Crippen molar-refractivity contribution in [2.24, 2.45) is 11.8 Å². The van der Waals surface area contributed by atoms with Crippen LogP contribution in [0.3, 0.4) is 0 Å². The fraction of sp³-hybridized carbons (Fsp3) is 0.317. The summed E-state index contributed by atoms with van der Waals surface area (Å²) in [6, 6.07) is 23.0. The summed E-state index contributed by atoms with van der Waals surface area (Å²) in [5.41, 5.74) is 10.0. The van der Waals surface area contributed by atoms with E-state index >= 15 is 0 Å². The van der Waals surface area contributed by atoms with Crippen LogP contribution in [0.4, 0.5) is 17.1 Å². The molecule has 0 atom stereocenters. The van der Waals surface area contributed by atoms with Crippen LogP contribution < -0.4 is 10.0 Å². The predicted octanol–water partition coefficient (Wildman–Crippen LogP) is 8.70. The maximum absolute atomic E-state index is 13.4. The molecule has 0 aliphatic heterocycles. The van der Waals surface area contributed by atoms with Gasteiger partial charge in [-0.25, -0.2) is 0 Å². The molecule has 5 rings (SSSR count). The molecular formula is C41H46N2O2. The molecule has 0 saturated heterocycles. The van der Waals surface area contributed by atoms with Gasteiger partial charge in [-0.3, -0.25) is 4.79 Å². The number of aryl methyl sites for hydroxylation is 3. The summed E-state index contributed by atoms with van der Waals surface area (Å²) in [5, 5.41) is 13.4. The number of rotatable bonds is 10. The first-order valence-electron chi connectivity index (χ1n) is 16.3. The highest BCUT2D eigenvalue weighted by Gasteiger charge is 2.31. The van der Waals surface area contributed by atoms with Crippen LogP contribution >= 0.6 is 0 Å². The topological polar surface area (TPSA) is 46.4 Å². The Hall–Kier alpha value is -4.44. The van der Waals surface area contributed by atoms with Gasteiger partial charge >= 0.3 is 0 Å².